The highest BCUT2D eigenvalue weighted by Gasteiger charge is 2.22. The van der Waals surface area contributed by atoms with Crippen LogP contribution in [0.3, 0.4) is 0 Å². The minimum atomic E-state index is -0.192. The van der Waals surface area contributed by atoms with Crippen LogP contribution in [0.25, 0.3) is 6.08 Å². The molecular weight excluding hydrogens is 486 g/mol. The molecule has 158 valence electrons. The number of thioether (sulfide) groups is 1. The number of carbonyl (C=O) groups excluding carboxylic acids is 1. The molecule has 1 heterocycles. The van der Waals surface area contributed by atoms with Crippen molar-refractivity contribution in [2.45, 2.75) is 20.8 Å². The fourth-order valence-electron chi connectivity index (χ4n) is 2.75. The number of ether oxygens (including phenoxy) is 3. The number of hydrogen-bond acceptors (Lipinski definition) is 6. The topological polar surface area (TPSA) is 56.8 Å². The third-order valence-corrected chi connectivity index (χ3v) is 6.10. The van der Waals surface area contributed by atoms with Gasteiger partial charge in [0.25, 0.3) is 5.91 Å². The van der Waals surface area contributed by atoms with Crippen LogP contribution in [-0.4, -0.2) is 30.0 Å². The highest BCUT2D eigenvalue weighted by Crippen LogP contribution is 2.38. The Morgan fingerprint density at radius 2 is 1.87 bits per heavy atom. The first-order valence-corrected chi connectivity index (χ1v) is 11.4. The zero-order chi connectivity index (χ0) is 21.7. The van der Waals surface area contributed by atoms with Crippen molar-refractivity contribution < 1.29 is 19.0 Å². The number of aryl methyl sites for hydroxylation is 2. The first-order valence-electron chi connectivity index (χ1n) is 9.41. The van der Waals surface area contributed by atoms with E-state index in [1.807, 2.05) is 37.3 Å². The Morgan fingerprint density at radius 3 is 2.53 bits per heavy atom. The molecular formula is C22H22BrNO4S2. The Kier molecular flexibility index (Phi) is 7.80. The van der Waals surface area contributed by atoms with Gasteiger partial charge in [0.2, 0.25) is 0 Å². The van der Waals surface area contributed by atoms with Crippen LogP contribution >= 0.6 is 39.9 Å². The van der Waals surface area contributed by atoms with Crippen molar-refractivity contribution in [3.63, 3.8) is 0 Å². The van der Waals surface area contributed by atoms with Gasteiger partial charge in [-0.2, -0.15) is 0 Å². The summed E-state index contributed by atoms with van der Waals surface area (Å²) in [4.78, 5) is 12.5. The van der Waals surface area contributed by atoms with E-state index < -0.39 is 0 Å². The maximum atomic E-state index is 11.9. The zero-order valence-electron chi connectivity index (χ0n) is 16.9. The molecule has 0 radical (unpaired) electrons. The molecule has 1 aliphatic rings. The van der Waals surface area contributed by atoms with E-state index in [4.69, 9.17) is 26.4 Å². The Morgan fingerprint density at radius 1 is 1.10 bits per heavy atom. The van der Waals surface area contributed by atoms with E-state index in [0.29, 0.717) is 40.5 Å². The predicted octanol–water partition coefficient (Wildman–Crippen LogP) is 5.41. The Bertz CT molecular complexity index is 1010. The molecule has 30 heavy (non-hydrogen) atoms. The molecule has 0 aliphatic carbocycles. The summed E-state index contributed by atoms with van der Waals surface area (Å²) in [6, 6.07) is 9.73. The normalized spacial score (nSPS) is 14.7. The van der Waals surface area contributed by atoms with E-state index in [1.54, 1.807) is 6.08 Å². The first-order chi connectivity index (χ1) is 14.4. The van der Waals surface area contributed by atoms with Crippen molar-refractivity contribution in [1.82, 2.24) is 5.32 Å². The lowest BCUT2D eigenvalue weighted by Crippen LogP contribution is -2.17. The lowest BCUT2D eigenvalue weighted by Gasteiger charge is -2.15. The molecule has 1 amide bonds. The van der Waals surface area contributed by atoms with Crippen molar-refractivity contribution in [3.05, 3.63) is 56.4 Å². The van der Waals surface area contributed by atoms with Crippen LogP contribution in [-0.2, 0) is 4.79 Å². The standard InChI is InChI=1S/C22H22BrNO4S2/c1-4-26-18-11-15(12-19-21(25)24-22(29)30-19)10-17(23)20(18)28-8-7-27-16-6-5-13(2)14(3)9-16/h5-6,9-12H,4,7-8H2,1-3H3,(H,24,25,29)/b19-12+. The number of hydrogen-bond donors (Lipinski definition) is 1. The molecule has 0 unspecified atom stereocenters. The van der Waals surface area contributed by atoms with Gasteiger partial charge < -0.3 is 19.5 Å². The number of thiocarbonyl (C=S) groups is 1. The lowest BCUT2D eigenvalue weighted by atomic mass is 10.1. The van der Waals surface area contributed by atoms with Gasteiger partial charge in [-0.15, -0.1) is 0 Å². The largest absolute Gasteiger partial charge is 0.490 e. The first kappa shape index (κ1) is 22.7. The summed E-state index contributed by atoms with van der Waals surface area (Å²) >= 11 is 9.83. The van der Waals surface area contributed by atoms with E-state index in [9.17, 15) is 4.79 Å². The summed E-state index contributed by atoms with van der Waals surface area (Å²) in [6.45, 7) is 7.29. The van der Waals surface area contributed by atoms with Crippen molar-refractivity contribution in [2.75, 3.05) is 19.8 Å². The van der Waals surface area contributed by atoms with Crippen LogP contribution in [0, 0.1) is 13.8 Å². The fraction of sp³-hybridized carbons (Fsp3) is 0.273. The number of rotatable bonds is 8. The van der Waals surface area contributed by atoms with E-state index in [0.717, 1.165) is 15.8 Å². The van der Waals surface area contributed by atoms with Crippen molar-refractivity contribution in [3.8, 4) is 17.2 Å². The van der Waals surface area contributed by atoms with Gasteiger partial charge >= 0.3 is 0 Å². The third-order valence-electron chi connectivity index (χ3n) is 4.35. The van der Waals surface area contributed by atoms with E-state index in [1.165, 1.54) is 22.9 Å². The molecule has 0 bridgehead atoms. The quantitative estimate of drug-likeness (QED) is 0.292. The van der Waals surface area contributed by atoms with Gasteiger partial charge in [0, 0.05) is 0 Å². The van der Waals surface area contributed by atoms with Crippen molar-refractivity contribution >= 4 is 56.2 Å². The van der Waals surface area contributed by atoms with Crippen LogP contribution in [0.15, 0.2) is 39.7 Å². The van der Waals surface area contributed by atoms with Crippen LogP contribution < -0.4 is 19.5 Å². The minimum Gasteiger partial charge on any atom is -0.490 e. The predicted molar refractivity (Wildman–Crippen MR) is 129 cm³/mol. The molecule has 0 saturated carbocycles. The molecule has 0 atom stereocenters. The van der Waals surface area contributed by atoms with Crippen molar-refractivity contribution in [1.29, 1.82) is 0 Å². The molecule has 2 aromatic carbocycles. The SMILES string of the molecule is CCOc1cc(/C=C2/SC(=S)NC2=O)cc(Br)c1OCCOc1ccc(C)c(C)c1. The molecule has 0 spiro atoms. The summed E-state index contributed by atoms with van der Waals surface area (Å²) in [7, 11) is 0. The molecule has 1 fully saturated rings. The summed E-state index contributed by atoms with van der Waals surface area (Å²) in [5.41, 5.74) is 3.23. The summed E-state index contributed by atoms with van der Waals surface area (Å²) in [6.07, 6.45) is 1.78. The Hall–Kier alpha value is -2.03. The average Bonchev–Trinajstić information content (AvgIpc) is 3.00. The van der Waals surface area contributed by atoms with Crippen LogP contribution in [0.5, 0.6) is 17.2 Å². The average molecular weight is 508 g/mol. The monoisotopic (exact) mass is 507 g/mol. The summed E-state index contributed by atoms with van der Waals surface area (Å²) < 4.78 is 18.7. The molecule has 0 aromatic heterocycles. The Balaban J connectivity index is 1.69. The second kappa shape index (κ2) is 10.3. The van der Waals surface area contributed by atoms with Crippen LogP contribution in [0.2, 0.25) is 0 Å². The number of amides is 1. The minimum absolute atomic E-state index is 0.192. The van der Waals surface area contributed by atoms with Crippen LogP contribution in [0.1, 0.15) is 23.6 Å². The second-order valence-corrected chi connectivity index (χ2v) is 9.13. The van der Waals surface area contributed by atoms with Crippen molar-refractivity contribution in [2.24, 2.45) is 0 Å². The Labute approximate surface area is 194 Å². The van der Waals surface area contributed by atoms with Gasteiger partial charge in [0.05, 0.1) is 16.0 Å². The highest BCUT2D eigenvalue weighted by molar-refractivity contribution is 9.10. The number of nitrogens with one attached hydrogen (secondary N) is 1. The number of carbonyl (C=O) groups is 1. The fourth-order valence-corrected chi connectivity index (χ4v) is 4.37. The molecule has 2 aromatic rings. The third kappa shape index (κ3) is 5.77. The van der Waals surface area contributed by atoms with Gasteiger partial charge in [-0.25, -0.2) is 0 Å². The molecule has 1 saturated heterocycles. The molecule has 1 N–H and O–H groups in total. The van der Waals surface area contributed by atoms with Gasteiger partial charge in [-0.05, 0) is 83.7 Å². The molecule has 3 rings (SSSR count). The smallest absolute Gasteiger partial charge is 0.263 e. The zero-order valence-corrected chi connectivity index (χ0v) is 20.1. The lowest BCUT2D eigenvalue weighted by molar-refractivity contribution is -0.115. The number of halogens is 1. The van der Waals surface area contributed by atoms with Gasteiger partial charge in [0.15, 0.2) is 11.5 Å². The van der Waals surface area contributed by atoms with Gasteiger partial charge in [0.1, 0.15) is 23.3 Å². The second-order valence-electron chi connectivity index (χ2n) is 6.56. The summed E-state index contributed by atoms with van der Waals surface area (Å²) in [5, 5.41) is 2.61. The summed E-state index contributed by atoms with van der Waals surface area (Å²) in [5.74, 6) is 1.82. The van der Waals surface area contributed by atoms with E-state index in [2.05, 4.69) is 35.1 Å². The van der Waals surface area contributed by atoms with Gasteiger partial charge in [-0.1, -0.05) is 30.0 Å². The van der Waals surface area contributed by atoms with Gasteiger partial charge in [-0.3, -0.25) is 4.79 Å². The van der Waals surface area contributed by atoms with E-state index in [-0.39, 0.29) is 5.91 Å². The maximum Gasteiger partial charge on any atom is 0.263 e. The molecule has 1 aliphatic heterocycles. The van der Waals surface area contributed by atoms with Crippen LogP contribution in [0.4, 0.5) is 0 Å². The highest BCUT2D eigenvalue weighted by atomic mass is 79.9. The molecule has 5 nitrogen and oxygen atoms in total. The number of benzene rings is 2. The maximum absolute atomic E-state index is 11.9. The van der Waals surface area contributed by atoms with E-state index >= 15 is 0 Å². The molecule has 8 heteroatoms.